The van der Waals surface area contributed by atoms with Gasteiger partial charge in [0.15, 0.2) is 11.5 Å². The third kappa shape index (κ3) is 2.71. The van der Waals surface area contributed by atoms with Gasteiger partial charge >= 0.3 is 0 Å². The van der Waals surface area contributed by atoms with Crippen molar-refractivity contribution in [1.29, 1.82) is 0 Å². The number of nitrogens with one attached hydrogen (secondary N) is 2. The SMILES string of the molecule is Fc1ccc(-c2nccc(Nc3cnc4[nH]ncc4c3)n2)cc1. The Morgan fingerprint density at radius 1 is 1.00 bits per heavy atom. The highest BCUT2D eigenvalue weighted by Gasteiger charge is 2.05. The summed E-state index contributed by atoms with van der Waals surface area (Å²) in [4.78, 5) is 12.9. The highest BCUT2D eigenvalue weighted by molar-refractivity contribution is 5.78. The summed E-state index contributed by atoms with van der Waals surface area (Å²) in [5, 5.41) is 10.8. The molecule has 23 heavy (non-hydrogen) atoms. The van der Waals surface area contributed by atoms with Crippen molar-refractivity contribution in [2.75, 3.05) is 5.32 Å². The summed E-state index contributed by atoms with van der Waals surface area (Å²) in [6.07, 6.45) is 5.05. The lowest BCUT2D eigenvalue weighted by atomic mass is 10.2. The van der Waals surface area contributed by atoms with Gasteiger partial charge in [-0.05, 0) is 36.4 Å². The molecule has 0 aliphatic carbocycles. The van der Waals surface area contributed by atoms with Crippen LogP contribution in [0.5, 0.6) is 0 Å². The van der Waals surface area contributed by atoms with Crippen LogP contribution < -0.4 is 5.32 Å². The van der Waals surface area contributed by atoms with Crippen molar-refractivity contribution in [1.82, 2.24) is 25.1 Å². The molecule has 0 aliphatic rings. The maximum Gasteiger partial charge on any atom is 0.161 e. The van der Waals surface area contributed by atoms with Crippen LogP contribution in [0.3, 0.4) is 0 Å². The predicted molar refractivity (Wildman–Crippen MR) is 84.6 cm³/mol. The summed E-state index contributed by atoms with van der Waals surface area (Å²) >= 11 is 0. The van der Waals surface area contributed by atoms with Gasteiger partial charge in [-0.3, -0.25) is 5.10 Å². The van der Waals surface area contributed by atoms with Crippen LogP contribution in [0.15, 0.2) is 55.0 Å². The summed E-state index contributed by atoms with van der Waals surface area (Å²) in [6, 6.07) is 9.74. The second-order valence-electron chi connectivity index (χ2n) is 4.93. The maximum absolute atomic E-state index is 13.0. The standard InChI is InChI=1S/C16H11FN6/c17-12-3-1-10(2-4-12)15-18-6-5-14(22-15)21-13-7-11-8-20-23-16(11)19-9-13/h1-9H,(H,18,21,22)(H,19,20,23). The van der Waals surface area contributed by atoms with Gasteiger partial charge in [-0.25, -0.2) is 19.3 Å². The quantitative estimate of drug-likeness (QED) is 0.607. The second kappa shape index (κ2) is 5.45. The van der Waals surface area contributed by atoms with E-state index in [1.807, 2.05) is 6.07 Å². The molecule has 0 bridgehead atoms. The van der Waals surface area contributed by atoms with E-state index in [0.717, 1.165) is 22.3 Å². The number of anilines is 2. The number of benzene rings is 1. The van der Waals surface area contributed by atoms with Crippen LogP contribution in [0.4, 0.5) is 15.9 Å². The molecule has 0 amide bonds. The minimum absolute atomic E-state index is 0.289. The van der Waals surface area contributed by atoms with E-state index in [-0.39, 0.29) is 5.82 Å². The van der Waals surface area contributed by atoms with Gasteiger partial charge in [0.2, 0.25) is 0 Å². The zero-order chi connectivity index (χ0) is 15.6. The van der Waals surface area contributed by atoms with Gasteiger partial charge in [0.25, 0.3) is 0 Å². The number of rotatable bonds is 3. The Balaban J connectivity index is 1.64. The van der Waals surface area contributed by atoms with Crippen molar-refractivity contribution >= 4 is 22.5 Å². The van der Waals surface area contributed by atoms with Gasteiger partial charge in [-0.2, -0.15) is 5.10 Å². The van der Waals surface area contributed by atoms with Crippen LogP contribution in [-0.2, 0) is 0 Å². The number of nitrogens with zero attached hydrogens (tertiary/aromatic N) is 4. The van der Waals surface area contributed by atoms with Gasteiger partial charge < -0.3 is 5.32 Å². The van der Waals surface area contributed by atoms with Crippen molar-refractivity contribution in [2.24, 2.45) is 0 Å². The molecule has 0 fully saturated rings. The van der Waals surface area contributed by atoms with Crippen molar-refractivity contribution in [3.8, 4) is 11.4 Å². The monoisotopic (exact) mass is 306 g/mol. The average Bonchev–Trinajstić information content (AvgIpc) is 3.03. The van der Waals surface area contributed by atoms with Crippen LogP contribution in [0.1, 0.15) is 0 Å². The maximum atomic E-state index is 13.0. The lowest BCUT2D eigenvalue weighted by Crippen LogP contribution is -1.97. The number of aromatic amines is 1. The van der Waals surface area contributed by atoms with E-state index in [1.54, 1.807) is 36.8 Å². The molecule has 112 valence electrons. The fourth-order valence-corrected chi connectivity index (χ4v) is 2.22. The molecule has 6 nitrogen and oxygen atoms in total. The number of aromatic nitrogens is 5. The number of H-pyrrole nitrogens is 1. The van der Waals surface area contributed by atoms with E-state index < -0.39 is 0 Å². The van der Waals surface area contributed by atoms with Gasteiger partial charge in [0.05, 0.1) is 18.1 Å². The molecule has 4 aromatic rings. The van der Waals surface area contributed by atoms with E-state index in [0.29, 0.717) is 11.6 Å². The van der Waals surface area contributed by atoms with E-state index >= 15 is 0 Å². The number of halogens is 1. The van der Waals surface area contributed by atoms with Crippen molar-refractivity contribution in [3.05, 3.63) is 60.8 Å². The summed E-state index contributed by atoms with van der Waals surface area (Å²) in [6.45, 7) is 0. The number of hydrogen-bond donors (Lipinski definition) is 2. The zero-order valence-corrected chi connectivity index (χ0v) is 11.9. The predicted octanol–water partition coefficient (Wildman–Crippen LogP) is 3.30. The molecule has 2 N–H and O–H groups in total. The molecule has 4 rings (SSSR count). The number of hydrogen-bond acceptors (Lipinski definition) is 5. The van der Waals surface area contributed by atoms with E-state index in [4.69, 9.17) is 0 Å². The second-order valence-corrected chi connectivity index (χ2v) is 4.93. The Hall–Kier alpha value is -3.35. The molecule has 0 saturated carbocycles. The smallest absolute Gasteiger partial charge is 0.161 e. The summed E-state index contributed by atoms with van der Waals surface area (Å²) in [5.74, 6) is 0.860. The fourth-order valence-electron chi connectivity index (χ4n) is 2.22. The molecule has 3 aromatic heterocycles. The van der Waals surface area contributed by atoms with Gasteiger partial charge in [0.1, 0.15) is 11.6 Å². The molecule has 1 aromatic carbocycles. The molecule has 3 heterocycles. The van der Waals surface area contributed by atoms with Crippen LogP contribution >= 0.6 is 0 Å². The third-order valence-corrected chi connectivity index (χ3v) is 3.32. The van der Waals surface area contributed by atoms with Gasteiger partial charge in [-0.15, -0.1) is 0 Å². The van der Waals surface area contributed by atoms with E-state index in [1.165, 1.54) is 12.1 Å². The first-order chi connectivity index (χ1) is 11.3. The summed E-state index contributed by atoms with van der Waals surface area (Å²) < 4.78 is 13.0. The Bertz CT molecular complexity index is 964. The van der Waals surface area contributed by atoms with Crippen LogP contribution in [0.2, 0.25) is 0 Å². The Morgan fingerprint density at radius 3 is 2.74 bits per heavy atom. The molecular formula is C16H11FN6. The van der Waals surface area contributed by atoms with Crippen LogP contribution in [0, 0.1) is 5.82 Å². The highest BCUT2D eigenvalue weighted by atomic mass is 19.1. The molecule has 0 saturated heterocycles. The molecule has 0 unspecified atom stereocenters. The Morgan fingerprint density at radius 2 is 1.87 bits per heavy atom. The molecule has 0 atom stereocenters. The minimum Gasteiger partial charge on any atom is -0.339 e. The fraction of sp³-hybridized carbons (Fsp3) is 0. The van der Waals surface area contributed by atoms with E-state index in [9.17, 15) is 4.39 Å². The van der Waals surface area contributed by atoms with Crippen molar-refractivity contribution in [3.63, 3.8) is 0 Å². The van der Waals surface area contributed by atoms with Crippen LogP contribution in [0.25, 0.3) is 22.4 Å². The minimum atomic E-state index is -0.289. The molecule has 7 heteroatoms. The van der Waals surface area contributed by atoms with Gasteiger partial charge in [-0.1, -0.05) is 0 Å². The van der Waals surface area contributed by atoms with Crippen molar-refractivity contribution < 1.29 is 4.39 Å². The number of fused-ring (bicyclic) bond motifs is 1. The third-order valence-electron chi connectivity index (χ3n) is 3.32. The Labute approximate surface area is 130 Å². The van der Waals surface area contributed by atoms with Crippen molar-refractivity contribution in [2.45, 2.75) is 0 Å². The lowest BCUT2D eigenvalue weighted by Gasteiger charge is -2.07. The normalized spacial score (nSPS) is 10.8. The summed E-state index contributed by atoms with van der Waals surface area (Å²) in [7, 11) is 0. The lowest BCUT2D eigenvalue weighted by molar-refractivity contribution is 0.628. The first-order valence-electron chi connectivity index (χ1n) is 6.93. The average molecular weight is 306 g/mol. The summed E-state index contributed by atoms with van der Waals surface area (Å²) in [5.41, 5.74) is 2.27. The number of pyridine rings is 1. The van der Waals surface area contributed by atoms with E-state index in [2.05, 4.69) is 30.5 Å². The Kier molecular flexibility index (Phi) is 3.16. The van der Waals surface area contributed by atoms with Gasteiger partial charge in [0, 0.05) is 17.1 Å². The largest absolute Gasteiger partial charge is 0.339 e. The molecular weight excluding hydrogens is 295 g/mol. The topological polar surface area (TPSA) is 79.4 Å². The van der Waals surface area contributed by atoms with Crippen LogP contribution in [-0.4, -0.2) is 25.1 Å². The first kappa shape index (κ1) is 13.3. The molecule has 0 aliphatic heterocycles. The zero-order valence-electron chi connectivity index (χ0n) is 11.9. The first-order valence-corrected chi connectivity index (χ1v) is 6.93. The molecule has 0 radical (unpaired) electrons. The highest BCUT2D eigenvalue weighted by Crippen LogP contribution is 2.20. The molecule has 0 spiro atoms.